The average Bonchev–Trinajstić information content (AvgIpc) is 2.46. The summed E-state index contributed by atoms with van der Waals surface area (Å²) in [5.41, 5.74) is 5.18. The summed E-state index contributed by atoms with van der Waals surface area (Å²) in [5.74, 6) is -0.330. The van der Waals surface area contributed by atoms with E-state index in [1.165, 1.54) is 0 Å². The van der Waals surface area contributed by atoms with Crippen LogP contribution in [-0.4, -0.2) is 10.9 Å². The summed E-state index contributed by atoms with van der Waals surface area (Å²) >= 11 is 0. The first kappa shape index (κ1) is 8.75. The first-order chi connectivity index (χ1) is 9.10. The fourth-order valence-corrected chi connectivity index (χ4v) is 1.24. The van der Waals surface area contributed by atoms with E-state index < -0.39 is 12.3 Å². The lowest BCUT2D eigenvalue weighted by Crippen LogP contribution is -2.31. The molecule has 0 radical (unpaired) electrons. The van der Waals surface area contributed by atoms with E-state index >= 15 is 0 Å². The van der Waals surface area contributed by atoms with Crippen LogP contribution in [0.2, 0.25) is 0 Å². The predicted molar refractivity (Wildman–Crippen MR) is 66.1 cm³/mol. The molecular formula is C13H13N3O. The number of nitrogens with zero attached hydrogens (tertiary/aromatic N) is 1. The molecule has 2 aromatic rings. The minimum atomic E-state index is -2.11. The van der Waals surface area contributed by atoms with Crippen molar-refractivity contribution in [3.05, 3.63) is 60.3 Å². The zero-order valence-electron chi connectivity index (χ0n) is 11.1. The summed E-state index contributed by atoms with van der Waals surface area (Å²) in [4.78, 5) is 15.8. The highest BCUT2D eigenvalue weighted by atomic mass is 16.2. The van der Waals surface area contributed by atoms with Crippen LogP contribution < -0.4 is 10.9 Å². The Kier molecular flexibility index (Phi) is 2.91. The molecule has 0 saturated heterocycles. The Labute approximate surface area is 102 Å². The maximum atomic E-state index is 11.9. The number of nitrogens with one attached hydrogen (secondary N) is 2. The van der Waals surface area contributed by atoms with E-state index in [0.29, 0.717) is 11.4 Å². The smallest absolute Gasteiger partial charge is 0.242 e. The minimum Gasteiger partial charge on any atom is -0.282 e. The molecule has 0 unspecified atom stereocenters. The Balaban J connectivity index is 2.03. The molecule has 0 bridgehead atoms. The van der Waals surface area contributed by atoms with Crippen molar-refractivity contribution >= 4 is 11.7 Å². The van der Waals surface area contributed by atoms with Gasteiger partial charge >= 0.3 is 0 Å². The average molecular weight is 229 g/mol. The number of rotatable bonds is 4. The number of carbonyl (C=O) groups is 1. The number of amides is 1. The number of benzene rings is 1. The Bertz CT molecular complexity index is 546. The van der Waals surface area contributed by atoms with Gasteiger partial charge in [0.25, 0.3) is 0 Å². The number of aromatic nitrogens is 1. The highest BCUT2D eigenvalue weighted by Crippen LogP contribution is 2.00. The molecule has 86 valence electrons. The topological polar surface area (TPSA) is 54.0 Å². The number of hydrogen-bond donors (Lipinski definition) is 2. The van der Waals surface area contributed by atoms with Gasteiger partial charge in [-0.05, 0) is 17.7 Å². The van der Waals surface area contributed by atoms with Crippen molar-refractivity contribution in [2.75, 3.05) is 5.43 Å². The van der Waals surface area contributed by atoms with Gasteiger partial charge in [-0.2, -0.15) is 0 Å². The molecule has 0 fully saturated rings. The van der Waals surface area contributed by atoms with Crippen LogP contribution in [0, 0.1) is 0 Å². The molecule has 4 heteroatoms. The van der Waals surface area contributed by atoms with Crippen molar-refractivity contribution < 1.29 is 7.54 Å². The molecule has 1 aromatic heterocycles. The molecule has 2 rings (SSSR count). The van der Waals surface area contributed by atoms with E-state index in [-0.39, 0.29) is 0 Å². The third kappa shape index (κ3) is 3.61. The van der Waals surface area contributed by atoms with Crippen LogP contribution in [0.15, 0.2) is 54.7 Å². The van der Waals surface area contributed by atoms with Gasteiger partial charge in [0.05, 0.1) is 6.37 Å². The molecule has 0 saturated carbocycles. The summed E-state index contributed by atoms with van der Waals surface area (Å²) in [6, 6.07) is 13.4. The maximum Gasteiger partial charge on any atom is 0.242 e. The molecule has 0 aliphatic rings. The highest BCUT2D eigenvalue weighted by Gasteiger charge is 2.01. The van der Waals surface area contributed by atoms with Crippen LogP contribution in [-0.2, 0) is 11.2 Å². The summed E-state index contributed by atoms with van der Waals surface area (Å²) in [6.07, 6.45) is -0.538. The second kappa shape index (κ2) is 5.65. The molecule has 0 aliphatic carbocycles. The van der Waals surface area contributed by atoms with E-state index in [9.17, 15) is 4.79 Å². The predicted octanol–water partition coefficient (Wildman–Crippen LogP) is 1.77. The number of carbonyl (C=O) groups excluding carboxylic acids is 1. The van der Waals surface area contributed by atoms with Crippen molar-refractivity contribution in [1.82, 2.24) is 10.4 Å². The monoisotopic (exact) mass is 229 g/mol. The van der Waals surface area contributed by atoms with Crippen molar-refractivity contribution in [2.45, 2.75) is 6.37 Å². The Morgan fingerprint density at radius 3 is 2.65 bits per heavy atom. The third-order valence-corrected chi connectivity index (χ3v) is 2.00. The fraction of sp³-hybridized carbons (Fsp3) is 0.0769. The van der Waals surface area contributed by atoms with E-state index in [0.717, 1.165) is 0 Å². The summed E-state index contributed by atoms with van der Waals surface area (Å²) in [7, 11) is 0. The van der Waals surface area contributed by atoms with Gasteiger partial charge in [-0.25, -0.2) is 4.98 Å². The Morgan fingerprint density at radius 1 is 1.18 bits per heavy atom. The van der Waals surface area contributed by atoms with Crippen molar-refractivity contribution in [3.63, 3.8) is 0 Å². The SMILES string of the molecule is [2H]C([2H])(C(=O)NNc1ccccn1)c1ccccc1. The quantitative estimate of drug-likeness (QED) is 0.785. The number of pyridine rings is 1. The Hall–Kier alpha value is -2.36. The standard InChI is InChI=1S/C13H13N3O/c17-13(10-11-6-2-1-3-7-11)16-15-12-8-4-5-9-14-12/h1-9H,10H2,(H,14,15)(H,16,17)/i10D2. The van der Waals surface area contributed by atoms with Crippen molar-refractivity contribution in [2.24, 2.45) is 0 Å². The maximum absolute atomic E-state index is 11.9. The molecule has 2 N–H and O–H groups in total. The molecular weight excluding hydrogens is 214 g/mol. The third-order valence-electron chi connectivity index (χ3n) is 2.00. The second-order valence-corrected chi connectivity index (χ2v) is 3.29. The molecule has 0 atom stereocenters. The largest absolute Gasteiger partial charge is 0.282 e. The highest BCUT2D eigenvalue weighted by molar-refractivity contribution is 5.79. The van der Waals surface area contributed by atoms with Gasteiger partial charge in [0, 0.05) is 8.94 Å². The first-order valence-corrected chi connectivity index (χ1v) is 5.14. The lowest BCUT2D eigenvalue weighted by molar-refractivity contribution is -0.119. The van der Waals surface area contributed by atoms with E-state index in [2.05, 4.69) is 15.8 Å². The molecule has 1 amide bonds. The number of hydrazine groups is 1. The van der Waals surface area contributed by atoms with Crippen molar-refractivity contribution in [3.8, 4) is 0 Å². The van der Waals surface area contributed by atoms with Crippen LogP contribution in [0.5, 0.6) is 0 Å². The molecule has 1 aromatic carbocycles. The second-order valence-electron chi connectivity index (χ2n) is 3.29. The number of hydrogen-bond acceptors (Lipinski definition) is 3. The van der Waals surface area contributed by atoms with E-state index in [4.69, 9.17) is 2.74 Å². The van der Waals surface area contributed by atoms with Crippen molar-refractivity contribution in [1.29, 1.82) is 0 Å². The zero-order valence-corrected chi connectivity index (χ0v) is 9.05. The summed E-state index contributed by atoms with van der Waals surface area (Å²) in [5, 5.41) is 0. The molecule has 0 spiro atoms. The summed E-state index contributed by atoms with van der Waals surface area (Å²) in [6.45, 7) is 0. The minimum absolute atomic E-state index is 0.301. The van der Waals surface area contributed by atoms with E-state index in [1.807, 2.05) is 0 Å². The normalized spacial score (nSPS) is 12.2. The van der Waals surface area contributed by atoms with Gasteiger partial charge in [-0.3, -0.25) is 15.6 Å². The van der Waals surface area contributed by atoms with Gasteiger partial charge in [0.2, 0.25) is 5.91 Å². The Morgan fingerprint density at radius 2 is 1.94 bits per heavy atom. The number of anilines is 1. The lowest BCUT2D eigenvalue weighted by atomic mass is 10.1. The zero-order chi connectivity index (χ0) is 13.7. The van der Waals surface area contributed by atoms with Gasteiger partial charge < -0.3 is 0 Å². The first-order valence-electron chi connectivity index (χ1n) is 6.14. The van der Waals surface area contributed by atoms with Crippen LogP contribution in [0.25, 0.3) is 0 Å². The van der Waals surface area contributed by atoms with Gasteiger partial charge in [-0.1, -0.05) is 36.4 Å². The van der Waals surface area contributed by atoms with Gasteiger partial charge in [0.15, 0.2) is 0 Å². The molecule has 1 heterocycles. The van der Waals surface area contributed by atoms with E-state index in [1.54, 1.807) is 54.7 Å². The van der Waals surface area contributed by atoms with Crippen LogP contribution in [0.1, 0.15) is 8.30 Å². The van der Waals surface area contributed by atoms with Crippen LogP contribution >= 0.6 is 0 Å². The molecule has 17 heavy (non-hydrogen) atoms. The van der Waals surface area contributed by atoms with Crippen LogP contribution in [0.4, 0.5) is 5.82 Å². The summed E-state index contributed by atoms with van der Waals surface area (Å²) < 4.78 is 15.7. The van der Waals surface area contributed by atoms with Crippen LogP contribution in [0.3, 0.4) is 0 Å². The van der Waals surface area contributed by atoms with Gasteiger partial charge in [-0.15, -0.1) is 0 Å². The van der Waals surface area contributed by atoms with Gasteiger partial charge in [0.1, 0.15) is 5.82 Å². The lowest BCUT2D eigenvalue weighted by Gasteiger charge is -2.07. The molecule has 0 aliphatic heterocycles. The molecule has 4 nitrogen and oxygen atoms in total. The fourth-order valence-electron chi connectivity index (χ4n) is 1.24.